The van der Waals surface area contributed by atoms with Crippen molar-refractivity contribution >= 4 is 28.8 Å². The van der Waals surface area contributed by atoms with E-state index >= 15 is 0 Å². The number of hydrogen-bond donors (Lipinski definition) is 2. The summed E-state index contributed by atoms with van der Waals surface area (Å²) in [6.07, 6.45) is 4.50. The molecule has 6 heteroatoms. The van der Waals surface area contributed by atoms with Gasteiger partial charge in [-0.05, 0) is 68.3 Å². The first kappa shape index (κ1) is 18.6. The Bertz CT molecular complexity index is 722. The van der Waals surface area contributed by atoms with Crippen molar-refractivity contribution < 1.29 is 14.3 Å². The standard InChI is InChI=1S/C20H24N2O3S/c1-14(6-11-17-4-2-12-25-17)21-19(23)15-7-9-16(10-8-15)22-20(24)18-5-3-13-26-18/h3,5,7-10,13-14,17H,2,4,6,11-12H2,1H3,(H,21,23)(H,22,24). The minimum absolute atomic E-state index is 0.0963. The number of benzene rings is 1. The number of hydrogen-bond acceptors (Lipinski definition) is 4. The summed E-state index contributed by atoms with van der Waals surface area (Å²) in [5.74, 6) is -0.235. The summed E-state index contributed by atoms with van der Waals surface area (Å²) in [5, 5.41) is 7.71. The van der Waals surface area contributed by atoms with Crippen LogP contribution in [0.5, 0.6) is 0 Å². The maximum absolute atomic E-state index is 12.3. The highest BCUT2D eigenvalue weighted by atomic mass is 32.1. The Morgan fingerprint density at radius 3 is 2.69 bits per heavy atom. The lowest BCUT2D eigenvalue weighted by Crippen LogP contribution is -2.33. The second-order valence-electron chi connectivity index (χ2n) is 6.60. The van der Waals surface area contributed by atoms with Crippen LogP contribution >= 0.6 is 11.3 Å². The van der Waals surface area contributed by atoms with E-state index in [4.69, 9.17) is 4.74 Å². The lowest BCUT2D eigenvalue weighted by molar-refractivity contribution is 0.0899. The molecule has 2 atom stereocenters. The van der Waals surface area contributed by atoms with Gasteiger partial charge in [0, 0.05) is 23.9 Å². The van der Waals surface area contributed by atoms with Gasteiger partial charge in [0.05, 0.1) is 11.0 Å². The minimum atomic E-state index is -0.139. The van der Waals surface area contributed by atoms with Crippen LogP contribution in [-0.4, -0.2) is 30.6 Å². The molecular weight excluding hydrogens is 348 g/mol. The Labute approximate surface area is 157 Å². The van der Waals surface area contributed by atoms with Crippen LogP contribution in [0.4, 0.5) is 5.69 Å². The van der Waals surface area contributed by atoms with Gasteiger partial charge in [0.15, 0.2) is 0 Å². The third-order valence-corrected chi connectivity index (χ3v) is 5.34. The molecule has 2 aromatic rings. The summed E-state index contributed by atoms with van der Waals surface area (Å²) < 4.78 is 5.62. The van der Waals surface area contributed by atoms with E-state index in [0.717, 1.165) is 32.3 Å². The van der Waals surface area contributed by atoms with E-state index in [-0.39, 0.29) is 17.9 Å². The van der Waals surface area contributed by atoms with Gasteiger partial charge < -0.3 is 15.4 Å². The van der Waals surface area contributed by atoms with Crippen molar-refractivity contribution in [3.05, 3.63) is 52.2 Å². The maximum atomic E-state index is 12.3. The largest absolute Gasteiger partial charge is 0.378 e. The fraction of sp³-hybridized carbons (Fsp3) is 0.400. The number of thiophene rings is 1. The third kappa shape index (κ3) is 5.16. The summed E-state index contributed by atoms with van der Waals surface area (Å²) in [7, 11) is 0. The van der Waals surface area contributed by atoms with Gasteiger partial charge >= 0.3 is 0 Å². The molecule has 3 rings (SSSR count). The lowest BCUT2D eigenvalue weighted by Gasteiger charge is -2.16. The van der Waals surface area contributed by atoms with E-state index in [1.165, 1.54) is 11.3 Å². The fourth-order valence-corrected chi connectivity index (χ4v) is 3.61. The van der Waals surface area contributed by atoms with E-state index in [0.29, 0.717) is 22.2 Å². The van der Waals surface area contributed by atoms with Crippen molar-refractivity contribution in [2.24, 2.45) is 0 Å². The summed E-state index contributed by atoms with van der Waals surface area (Å²) in [6.45, 7) is 2.88. The molecule has 2 heterocycles. The molecular formula is C20H24N2O3S. The van der Waals surface area contributed by atoms with Crippen molar-refractivity contribution in [2.75, 3.05) is 11.9 Å². The van der Waals surface area contributed by atoms with E-state index in [9.17, 15) is 9.59 Å². The van der Waals surface area contributed by atoms with Crippen LogP contribution in [0.2, 0.25) is 0 Å². The summed E-state index contributed by atoms with van der Waals surface area (Å²) in [4.78, 5) is 25.0. The number of rotatable bonds is 7. The second-order valence-corrected chi connectivity index (χ2v) is 7.54. The molecule has 0 bridgehead atoms. The van der Waals surface area contributed by atoms with Gasteiger partial charge in [-0.25, -0.2) is 0 Å². The Hall–Kier alpha value is -2.18. The predicted octanol–water partition coefficient (Wildman–Crippen LogP) is 4.08. The third-order valence-electron chi connectivity index (χ3n) is 4.47. The molecule has 1 fully saturated rings. The minimum Gasteiger partial charge on any atom is -0.378 e. The Kier molecular flexibility index (Phi) is 6.41. The smallest absolute Gasteiger partial charge is 0.265 e. The zero-order chi connectivity index (χ0) is 18.4. The molecule has 2 N–H and O–H groups in total. The van der Waals surface area contributed by atoms with Crippen LogP contribution < -0.4 is 10.6 Å². The molecule has 5 nitrogen and oxygen atoms in total. The van der Waals surface area contributed by atoms with Crippen LogP contribution in [0.25, 0.3) is 0 Å². The Morgan fingerprint density at radius 1 is 1.23 bits per heavy atom. The van der Waals surface area contributed by atoms with Crippen molar-refractivity contribution in [3.63, 3.8) is 0 Å². The normalized spacial score (nSPS) is 17.7. The first-order chi connectivity index (χ1) is 12.6. The second kappa shape index (κ2) is 8.96. The van der Waals surface area contributed by atoms with Gasteiger partial charge in [-0.15, -0.1) is 11.3 Å². The van der Waals surface area contributed by atoms with Gasteiger partial charge in [-0.3, -0.25) is 9.59 Å². The molecule has 2 unspecified atom stereocenters. The highest BCUT2D eigenvalue weighted by Gasteiger charge is 2.17. The molecule has 26 heavy (non-hydrogen) atoms. The quantitative estimate of drug-likeness (QED) is 0.770. The van der Waals surface area contributed by atoms with E-state index in [1.54, 1.807) is 30.3 Å². The molecule has 0 aliphatic carbocycles. The maximum Gasteiger partial charge on any atom is 0.265 e. The van der Waals surface area contributed by atoms with Gasteiger partial charge in [-0.1, -0.05) is 6.07 Å². The van der Waals surface area contributed by atoms with Crippen LogP contribution in [0.15, 0.2) is 41.8 Å². The van der Waals surface area contributed by atoms with E-state index < -0.39 is 0 Å². The zero-order valence-corrected chi connectivity index (χ0v) is 15.7. The predicted molar refractivity (Wildman–Crippen MR) is 104 cm³/mol. The first-order valence-electron chi connectivity index (χ1n) is 8.99. The molecule has 1 aliphatic heterocycles. The molecule has 1 aromatic heterocycles. The molecule has 0 saturated carbocycles. The van der Waals surface area contributed by atoms with Gasteiger partial charge in [0.1, 0.15) is 0 Å². The number of ether oxygens (including phenoxy) is 1. The Balaban J connectivity index is 1.47. The summed E-state index contributed by atoms with van der Waals surface area (Å²) >= 11 is 1.39. The van der Waals surface area contributed by atoms with Crippen LogP contribution in [0.1, 0.15) is 52.6 Å². The van der Waals surface area contributed by atoms with Crippen molar-refractivity contribution in [1.29, 1.82) is 0 Å². The number of anilines is 1. The first-order valence-corrected chi connectivity index (χ1v) is 9.87. The number of carbonyl (C=O) groups excluding carboxylic acids is 2. The van der Waals surface area contributed by atoms with Gasteiger partial charge in [0.2, 0.25) is 0 Å². The van der Waals surface area contributed by atoms with Crippen molar-refractivity contribution in [1.82, 2.24) is 5.32 Å². The van der Waals surface area contributed by atoms with Crippen molar-refractivity contribution in [2.45, 2.75) is 44.8 Å². The molecule has 138 valence electrons. The lowest BCUT2D eigenvalue weighted by atomic mass is 10.1. The molecule has 1 aliphatic rings. The van der Waals surface area contributed by atoms with Gasteiger partial charge in [-0.2, -0.15) is 0 Å². The van der Waals surface area contributed by atoms with Gasteiger partial charge in [0.25, 0.3) is 11.8 Å². The van der Waals surface area contributed by atoms with E-state index in [1.807, 2.05) is 18.4 Å². The summed E-state index contributed by atoms with van der Waals surface area (Å²) in [6, 6.07) is 10.7. The summed E-state index contributed by atoms with van der Waals surface area (Å²) in [5.41, 5.74) is 1.26. The average Bonchev–Trinajstić information content (AvgIpc) is 3.34. The topological polar surface area (TPSA) is 67.4 Å². The number of amides is 2. The highest BCUT2D eigenvalue weighted by molar-refractivity contribution is 7.12. The van der Waals surface area contributed by atoms with E-state index in [2.05, 4.69) is 10.6 Å². The zero-order valence-electron chi connectivity index (χ0n) is 14.9. The average molecular weight is 372 g/mol. The molecule has 1 saturated heterocycles. The molecule has 1 aromatic carbocycles. The monoisotopic (exact) mass is 372 g/mol. The SMILES string of the molecule is CC(CCC1CCCO1)NC(=O)c1ccc(NC(=O)c2cccs2)cc1. The number of nitrogens with one attached hydrogen (secondary N) is 2. The van der Waals surface area contributed by atoms with Crippen molar-refractivity contribution in [3.8, 4) is 0 Å². The number of carbonyl (C=O) groups is 2. The van der Waals surface area contributed by atoms with Crippen LogP contribution in [0, 0.1) is 0 Å². The van der Waals surface area contributed by atoms with Crippen LogP contribution in [0.3, 0.4) is 0 Å². The molecule has 0 spiro atoms. The highest BCUT2D eigenvalue weighted by Crippen LogP contribution is 2.18. The fourth-order valence-electron chi connectivity index (χ4n) is 2.99. The molecule has 0 radical (unpaired) electrons. The Morgan fingerprint density at radius 2 is 2.04 bits per heavy atom. The molecule has 2 amide bonds. The van der Waals surface area contributed by atoms with Crippen LogP contribution in [-0.2, 0) is 4.74 Å².